The van der Waals surface area contributed by atoms with Crippen molar-refractivity contribution in [2.75, 3.05) is 6.54 Å². The van der Waals surface area contributed by atoms with E-state index in [1.54, 1.807) is 11.1 Å². The molecular formula is C22H19F3N4O2S. The van der Waals surface area contributed by atoms with E-state index in [-0.39, 0.29) is 29.9 Å². The zero-order valence-corrected chi connectivity index (χ0v) is 17.9. The molecule has 2 bridgehead atoms. The number of fused-ring (bicyclic) bond motifs is 2. The maximum Gasteiger partial charge on any atom is 0.417 e. The normalized spacial score (nSPS) is 22.4. The van der Waals surface area contributed by atoms with E-state index in [0.717, 1.165) is 35.8 Å². The second kappa shape index (κ2) is 7.84. The molecule has 5 rings (SSSR count). The van der Waals surface area contributed by atoms with Crippen LogP contribution in [0.5, 0.6) is 5.88 Å². The van der Waals surface area contributed by atoms with Crippen molar-refractivity contribution >= 4 is 17.2 Å². The molecule has 3 aromatic heterocycles. The van der Waals surface area contributed by atoms with Gasteiger partial charge < -0.3 is 9.64 Å². The third-order valence-corrected chi connectivity index (χ3v) is 6.73. The summed E-state index contributed by atoms with van der Waals surface area (Å²) in [6, 6.07) is 5.72. The van der Waals surface area contributed by atoms with E-state index < -0.39 is 11.7 Å². The first-order chi connectivity index (χ1) is 15.3. The number of rotatable bonds is 4. The minimum absolute atomic E-state index is 0.125. The Bertz CT molecular complexity index is 1140. The highest BCUT2D eigenvalue weighted by atomic mass is 32.1. The molecule has 3 aromatic rings. The lowest BCUT2D eigenvalue weighted by atomic mass is 10.1. The van der Waals surface area contributed by atoms with Crippen LogP contribution in [0.1, 0.15) is 34.6 Å². The number of aryl methyl sites for hydroxylation is 1. The summed E-state index contributed by atoms with van der Waals surface area (Å²) in [6.07, 6.45) is -0.797. The molecule has 166 valence electrons. The van der Waals surface area contributed by atoms with Gasteiger partial charge in [-0.25, -0.2) is 15.0 Å². The van der Waals surface area contributed by atoms with Crippen LogP contribution in [0.15, 0.2) is 42.0 Å². The molecule has 0 N–H and O–H groups in total. The van der Waals surface area contributed by atoms with E-state index in [9.17, 15) is 18.0 Å². The van der Waals surface area contributed by atoms with Crippen molar-refractivity contribution in [1.82, 2.24) is 19.9 Å². The number of amides is 1. The van der Waals surface area contributed by atoms with Crippen molar-refractivity contribution in [3.63, 3.8) is 0 Å². The fraction of sp³-hybridized carbons (Fsp3) is 0.364. The summed E-state index contributed by atoms with van der Waals surface area (Å²) in [7, 11) is 0. The Balaban J connectivity index is 1.37. The average molecular weight is 460 g/mol. The van der Waals surface area contributed by atoms with Crippen molar-refractivity contribution in [2.24, 2.45) is 5.92 Å². The molecule has 2 fully saturated rings. The predicted octanol–water partition coefficient (Wildman–Crippen LogP) is 4.61. The first-order valence-corrected chi connectivity index (χ1v) is 11.1. The van der Waals surface area contributed by atoms with Gasteiger partial charge in [0.2, 0.25) is 5.88 Å². The van der Waals surface area contributed by atoms with Crippen molar-refractivity contribution in [3.8, 4) is 16.5 Å². The van der Waals surface area contributed by atoms with E-state index in [2.05, 4.69) is 15.0 Å². The van der Waals surface area contributed by atoms with Gasteiger partial charge in [0.25, 0.3) is 5.91 Å². The number of hydrogen-bond donors (Lipinski definition) is 0. The number of likely N-dealkylation sites (tertiary alicyclic amines) is 1. The maximum atomic E-state index is 13.5. The average Bonchev–Trinajstić information content (AvgIpc) is 3.50. The number of halogens is 3. The number of thiazole rings is 1. The van der Waals surface area contributed by atoms with Crippen LogP contribution in [0.3, 0.4) is 0 Å². The number of pyridine rings is 2. The van der Waals surface area contributed by atoms with Crippen LogP contribution in [-0.2, 0) is 6.18 Å². The zero-order valence-electron chi connectivity index (χ0n) is 17.0. The molecule has 0 aromatic carbocycles. The lowest BCUT2D eigenvalue weighted by Gasteiger charge is -2.33. The van der Waals surface area contributed by atoms with E-state index in [4.69, 9.17) is 4.74 Å². The van der Waals surface area contributed by atoms with Crippen LogP contribution in [0, 0.1) is 12.8 Å². The topological polar surface area (TPSA) is 68.2 Å². The number of alkyl halides is 3. The molecule has 3 atom stereocenters. The lowest BCUT2D eigenvalue weighted by molar-refractivity contribution is -0.137. The third-order valence-electron chi connectivity index (χ3n) is 5.92. The summed E-state index contributed by atoms with van der Waals surface area (Å²) >= 11 is 1.44. The number of aromatic nitrogens is 3. The molecule has 10 heteroatoms. The van der Waals surface area contributed by atoms with Gasteiger partial charge in [0.15, 0.2) is 0 Å². The van der Waals surface area contributed by atoms with Gasteiger partial charge >= 0.3 is 6.18 Å². The summed E-state index contributed by atoms with van der Waals surface area (Å²) in [6.45, 7) is 2.44. The second-order valence-corrected chi connectivity index (χ2v) is 8.98. The van der Waals surface area contributed by atoms with Crippen LogP contribution in [-0.4, -0.2) is 44.4 Å². The molecule has 4 heterocycles. The number of nitrogens with zero attached hydrogens (tertiary/aromatic N) is 4. The Morgan fingerprint density at radius 1 is 1.19 bits per heavy atom. The first kappa shape index (κ1) is 20.9. The zero-order chi connectivity index (χ0) is 22.5. The Kier molecular flexibility index (Phi) is 5.11. The monoisotopic (exact) mass is 460 g/mol. The first-order valence-electron chi connectivity index (χ1n) is 10.2. The van der Waals surface area contributed by atoms with Gasteiger partial charge in [0.1, 0.15) is 16.8 Å². The standard InChI is InChI=1S/C22H19F3N4O2S/c1-12-2-4-15(20-26-6-7-32-20)19(28-12)21(30)29-11-13-8-16(29)17(9-13)31-18-5-3-14(10-27-18)22(23,24)25/h2-7,10,13,16-17H,8-9,11H2,1H3/t13-,16+,17-/m1/s1. The van der Waals surface area contributed by atoms with Gasteiger partial charge in [-0.2, -0.15) is 13.2 Å². The van der Waals surface area contributed by atoms with Crippen LogP contribution < -0.4 is 4.74 Å². The van der Waals surface area contributed by atoms with Gasteiger partial charge in [0.05, 0.1) is 11.6 Å². The Hall–Kier alpha value is -3.01. The molecular weight excluding hydrogens is 441 g/mol. The number of ether oxygens (including phenoxy) is 1. The lowest BCUT2D eigenvalue weighted by Crippen LogP contribution is -2.47. The van der Waals surface area contributed by atoms with Gasteiger partial charge in [0, 0.05) is 41.6 Å². The van der Waals surface area contributed by atoms with Crippen LogP contribution in [0.2, 0.25) is 0 Å². The summed E-state index contributed by atoms with van der Waals surface area (Å²) in [5, 5.41) is 2.58. The largest absolute Gasteiger partial charge is 0.472 e. The highest BCUT2D eigenvalue weighted by Gasteiger charge is 2.49. The van der Waals surface area contributed by atoms with E-state index >= 15 is 0 Å². The maximum absolute atomic E-state index is 13.5. The molecule has 1 saturated carbocycles. The fourth-order valence-electron chi connectivity index (χ4n) is 4.48. The Labute approximate surface area is 186 Å². The SMILES string of the molecule is Cc1ccc(-c2nccs2)c(C(=O)N2C[C@H]3C[C@@H](Oc4ccc(C(F)(F)F)cn4)[C@@H]2C3)n1. The minimum Gasteiger partial charge on any atom is -0.472 e. The summed E-state index contributed by atoms with van der Waals surface area (Å²) in [4.78, 5) is 27.9. The van der Waals surface area contributed by atoms with E-state index in [1.165, 1.54) is 17.4 Å². The molecule has 32 heavy (non-hydrogen) atoms. The third kappa shape index (κ3) is 3.83. The van der Waals surface area contributed by atoms with Crippen LogP contribution >= 0.6 is 11.3 Å². The number of carbonyl (C=O) groups is 1. The highest BCUT2D eigenvalue weighted by Crippen LogP contribution is 2.41. The molecule has 1 saturated heterocycles. The number of piperidine rings is 1. The summed E-state index contributed by atoms with van der Waals surface area (Å²) < 4.78 is 44.2. The van der Waals surface area contributed by atoms with Crippen molar-refractivity contribution in [3.05, 3.63) is 59.0 Å². The Morgan fingerprint density at radius 3 is 2.69 bits per heavy atom. The fourth-order valence-corrected chi connectivity index (χ4v) is 5.15. The number of carbonyl (C=O) groups excluding carboxylic acids is 1. The van der Waals surface area contributed by atoms with Gasteiger partial charge in [-0.15, -0.1) is 11.3 Å². The molecule has 1 aliphatic carbocycles. The minimum atomic E-state index is -4.45. The van der Waals surface area contributed by atoms with Crippen molar-refractivity contribution in [2.45, 2.75) is 38.1 Å². The van der Waals surface area contributed by atoms with Crippen LogP contribution in [0.4, 0.5) is 13.2 Å². The van der Waals surface area contributed by atoms with Crippen molar-refractivity contribution in [1.29, 1.82) is 0 Å². The smallest absolute Gasteiger partial charge is 0.417 e. The van der Waals surface area contributed by atoms with Crippen molar-refractivity contribution < 1.29 is 22.7 Å². The molecule has 2 aliphatic rings. The molecule has 0 radical (unpaired) electrons. The summed E-state index contributed by atoms with van der Waals surface area (Å²) in [5.41, 5.74) is 0.966. The van der Waals surface area contributed by atoms with Gasteiger partial charge in [-0.05, 0) is 43.9 Å². The molecule has 1 amide bonds. The molecule has 6 nitrogen and oxygen atoms in total. The van der Waals surface area contributed by atoms with Crippen LogP contribution in [0.25, 0.3) is 10.6 Å². The predicted molar refractivity (Wildman–Crippen MR) is 111 cm³/mol. The van der Waals surface area contributed by atoms with E-state index in [1.807, 2.05) is 24.4 Å². The van der Waals surface area contributed by atoms with Gasteiger partial charge in [-0.1, -0.05) is 0 Å². The Morgan fingerprint density at radius 2 is 2.03 bits per heavy atom. The molecule has 1 aliphatic heterocycles. The second-order valence-electron chi connectivity index (χ2n) is 8.09. The van der Waals surface area contributed by atoms with Gasteiger partial charge in [-0.3, -0.25) is 4.79 Å². The highest BCUT2D eigenvalue weighted by molar-refractivity contribution is 7.13. The number of hydrogen-bond acceptors (Lipinski definition) is 6. The summed E-state index contributed by atoms with van der Waals surface area (Å²) in [5.74, 6) is 0.219. The quantitative estimate of drug-likeness (QED) is 0.569. The molecule has 0 unspecified atom stereocenters. The van der Waals surface area contributed by atoms with E-state index in [0.29, 0.717) is 17.8 Å². The molecule has 0 spiro atoms.